The molecule has 1 aromatic heterocycles. The van der Waals surface area contributed by atoms with Gasteiger partial charge in [-0.05, 0) is 18.8 Å². The lowest BCUT2D eigenvalue weighted by molar-refractivity contribution is 0.686. The van der Waals surface area contributed by atoms with Crippen LogP contribution >= 0.6 is 0 Å². The molecule has 84 valence electrons. The molecule has 0 atom stereocenters. The summed E-state index contributed by atoms with van der Waals surface area (Å²) in [7, 11) is 0. The predicted octanol–water partition coefficient (Wildman–Crippen LogP) is 3.14. The molecule has 1 aliphatic carbocycles. The van der Waals surface area contributed by atoms with E-state index in [1.807, 2.05) is 0 Å². The highest BCUT2D eigenvalue weighted by Crippen LogP contribution is 2.33. The van der Waals surface area contributed by atoms with Crippen molar-refractivity contribution in [2.75, 3.05) is 11.9 Å². The number of anilines is 1. The first-order valence-electron chi connectivity index (χ1n) is 6.05. The van der Waals surface area contributed by atoms with Gasteiger partial charge < -0.3 is 5.32 Å². The van der Waals surface area contributed by atoms with Crippen LogP contribution < -0.4 is 5.32 Å². The van der Waals surface area contributed by atoms with Gasteiger partial charge in [0.2, 0.25) is 0 Å². The zero-order chi connectivity index (χ0) is 10.7. The maximum absolute atomic E-state index is 4.30. The first-order chi connectivity index (χ1) is 7.25. The Morgan fingerprint density at radius 1 is 1.47 bits per heavy atom. The van der Waals surface area contributed by atoms with E-state index < -0.39 is 0 Å². The third kappa shape index (κ3) is 2.74. The molecule has 1 saturated carbocycles. The molecule has 1 fully saturated rings. The lowest BCUT2D eigenvalue weighted by Gasteiger charge is -2.05. The highest BCUT2D eigenvalue weighted by molar-refractivity contribution is 5.36. The van der Waals surface area contributed by atoms with E-state index >= 15 is 0 Å². The smallest absolute Gasteiger partial charge is 0.148 e. The van der Waals surface area contributed by atoms with Gasteiger partial charge in [-0.2, -0.15) is 5.10 Å². The molecular formula is C12H21N3. The molecule has 2 N–H and O–H groups in total. The third-order valence-corrected chi connectivity index (χ3v) is 3.08. The molecule has 0 unspecified atom stereocenters. The van der Waals surface area contributed by atoms with Crippen molar-refractivity contribution in [1.29, 1.82) is 0 Å². The van der Waals surface area contributed by atoms with E-state index in [0.717, 1.165) is 18.3 Å². The minimum Gasteiger partial charge on any atom is -0.368 e. The average Bonchev–Trinajstić information content (AvgIpc) is 2.85. The molecule has 2 rings (SSSR count). The van der Waals surface area contributed by atoms with Crippen molar-refractivity contribution in [1.82, 2.24) is 10.2 Å². The molecule has 1 aliphatic rings. The van der Waals surface area contributed by atoms with E-state index in [-0.39, 0.29) is 0 Å². The maximum atomic E-state index is 4.30. The number of nitrogens with one attached hydrogen (secondary N) is 2. The fourth-order valence-electron chi connectivity index (χ4n) is 2.18. The van der Waals surface area contributed by atoms with Gasteiger partial charge in [0.05, 0.1) is 0 Å². The Labute approximate surface area is 91.7 Å². The summed E-state index contributed by atoms with van der Waals surface area (Å²) in [4.78, 5) is 0. The summed E-state index contributed by atoms with van der Waals surface area (Å²) in [5, 5.41) is 10.8. The van der Waals surface area contributed by atoms with Crippen LogP contribution in [0.5, 0.6) is 0 Å². The molecule has 0 aromatic carbocycles. The summed E-state index contributed by atoms with van der Waals surface area (Å²) in [5.41, 5.74) is 1.32. The molecule has 0 radical (unpaired) electrons. The van der Waals surface area contributed by atoms with Crippen molar-refractivity contribution in [2.45, 2.75) is 45.4 Å². The molecular weight excluding hydrogens is 186 g/mol. The normalized spacial score (nSPS) is 17.5. The molecule has 0 spiro atoms. The van der Waals surface area contributed by atoms with Crippen LogP contribution in [0.4, 0.5) is 5.82 Å². The molecule has 0 saturated heterocycles. The second kappa shape index (κ2) is 4.69. The van der Waals surface area contributed by atoms with Crippen LogP contribution in [0.25, 0.3) is 0 Å². The Balaban J connectivity index is 1.91. The largest absolute Gasteiger partial charge is 0.368 e. The summed E-state index contributed by atoms with van der Waals surface area (Å²) in [6.45, 7) is 5.41. The standard InChI is InChI=1S/C12H21N3/c1-9(2)8-13-12-7-11(14-15-12)10-5-3-4-6-10/h7,9-10H,3-6,8H2,1-2H3,(H2,13,14,15). The van der Waals surface area contributed by atoms with Gasteiger partial charge in [-0.15, -0.1) is 0 Å². The Kier molecular flexibility index (Phi) is 3.29. The number of aromatic amines is 1. The number of rotatable bonds is 4. The Morgan fingerprint density at radius 3 is 2.87 bits per heavy atom. The van der Waals surface area contributed by atoms with Crippen LogP contribution in [0.1, 0.15) is 51.1 Å². The molecule has 3 nitrogen and oxygen atoms in total. The first kappa shape index (κ1) is 10.5. The van der Waals surface area contributed by atoms with Gasteiger partial charge in [-0.25, -0.2) is 0 Å². The molecule has 0 aliphatic heterocycles. The molecule has 1 aromatic rings. The number of aromatic nitrogens is 2. The van der Waals surface area contributed by atoms with E-state index in [9.17, 15) is 0 Å². The van der Waals surface area contributed by atoms with Gasteiger partial charge in [-0.1, -0.05) is 26.7 Å². The van der Waals surface area contributed by atoms with E-state index in [2.05, 4.69) is 35.4 Å². The Hall–Kier alpha value is -0.990. The average molecular weight is 207 g/mol. The number of hydrogen-bond acceptors (Lipinski definition) is 2. The molecule has 3 heteroatoms. The summed E-state index contributed by atoms with van der Waals surface area (Å²) >= 11 is 0. The van der Waals surface area contributed by atoms with Gasteiger partial charge >= 0.3 is 0 Å². The van der Waals surface area contributed by atoms with Crippen LogP contribution in [-0.4, -0.2) is 16.7 Å². The van der Waals surface area contributed by atoms with Crippen LogP contribution in [0.15, 0.2) is 6.07 Å². The Bertz CT molecular complexity index is 298. The fourth-order valence-corrected chi connectivity index (χ4v) is 2.18. The van der Waals surface area contributed by atoms with Crippen molar-refractivity contribution in [3.63, 3.8) is 0 Å². The van der Waals surface area contributed by atoms with Gasteiger partial charge in [0.25, 0.3) is 0 Å². The summed E-state index contributed by atoms with van der Waals surface area (Å²) < 4.78 is 0. The zero-order valence-corrected chi connectivity index (χ0v) is 9.71. The second-order valence-electron chi connectivity index (χ2n) is 4.96. The van der Waals surface area contributed by atoms with Crippen molar-refractivity contribution < 1.29 is 0 Å². The van der Waals surface area contributed by atoms with Gasteiger partial charge in [-0.3, -0.25) is 5.10 Å². The van der Waals surface area contributed by atoms with E-state index in [0.29, 0.717) is 5.92 Å². The van der Waals surface area contributed by atoms with Crippen molar-refractivity contribution >= 4 is 5.82 Å². The predicted molar refractivity (Wildman–Crippen MR) is 63.1 cm³/mol. The van der Waals surface area contributed by atoms with Crippen molar-refractivity contribution in [3.05, 3.63) is 11.8 Å². The van der Waals surface area contributed by atoms with E-state index in [1.54, 1.807) is 0 Å². The lowest BCUT2D eigenvalue weighted by Crippen LogP contribution is -2.07. The zero-order valence-electron chi connectivity index (χ0n) is 9.71. The SMILES string of the molecule is CC(C)CNc1cc(C2CCCC2)[nH]n1. The minimum atomic E-state index is 0.664. The minimum absolute atomic E-state index is 0.664. The summed E-state index contributed by atoms with van der Waals surface area (Å²) in [6.07, 6.45) is 5.40. The van der Waals surface area contributed by atoms with Crippen molar-refractivity contribution in [3.8, 4) is 0 Å². The van der Waals surface area contributed by atoms with Crippen LogP contribution in [0.3, 0.4) is 0 Å². The third-order valence-electron chi connectivity index (χ3n) is 3.08. The first-order valence-corrected chi connectivity index (χ1v) is 6.05. The van der Waals surface area contributed by atoms with E-state index in [1.165, 1.54) is 31.4 Å². The second-order valence-corrected chi connectivity index (χ2v) is 4.96. The van der Waals surface area contributed by atoms with Gasteiger partial charge in [0, 0.05) is 24.2 Å². The van der Waals surface area contributed by atoms with Crippen LogP contribution in [0, 0.1) is 5.92 Å². The lowest BCUT2D eigenvalue weighted by atomic mass is 10.0. The van der Waals surface area contributed by atoms with Crippen molar-refractivity contribution in [2.24, 2.45) is 5.92 Å². The number of nitrogens with zero attached hydrogens (tertiary/aromatic N) is 1. The molecule has 1 heterocycles. The topological polar surface area (TPSA) is 40.7 Å². The monoisotopic (exact) mass is 207 g/mol. The van der Waals surface area contributed by atoms with Crippen LogP contribution in [0.2, 0.25) is 0 Å². The summed E-state index contributed by atoms with van der Waals surface area (Å²) in [5.74, 6) is 2.40. The number of H-pyrrole nitrogens is 1. The molecule has 15 heavy (non-hydrogen) atoms. The van der Waals surface area contributed by atoms with Crippen LogP contribution in [-0.2, 0) is 0 Å². The summed E-state index contributed by atoms with van der Waals surface area (Å²) in [6, 6.07) is 2.18. The number of hydrogen-bond donors (Lipinski definition) is 2. The van der Waals surface area contributed by atoms with E-state index in [4.69, 9.17) is 0 Å². The Morgan fingerprint density at radius 2 is 2.20 bits per heavy atom. The van der Waals surface area contributed by atoms with Gasteiger partial charge in [0.1, 0.15) is 5.82 Å². The molecule has 0 amide bonds. The fraction of sp³-hybridized carbons (Fsp3) is 0.750. The quantitative estimate of drug-likeness (QED) is 0.796. The molecule has 0 bridgehead atoms. The van der Waals surface area contributed by atoms with Gasteiger partial charge in [0.15, 0.2) is 0 Å². The highest BCUT2D eigenvalue weighted by Gasteiger charge is 2.18. The highest BCUT2D eigenvalue weighted by atomic mass is 15.2. The maximum Gasteiger partial charge on any atom is 0.148 e.